The molecule has 0 amide bonds. The summed E-state index contributed by atoms with van der Waals surface area (Å²) in [6.07, 6.45) is 3.09. The lowest BCUT2D eigenvalue weighted by Gasteiger charge is -2.04. The third-order valence-corrected chi connectivity index (χ3v) is 2.19. The molecule has 5 nitrogen and oxygen atoms in total. The van der Waals surface area contributed by atoms with Crippen molar-refractivity contribution in [2.45, 2.75) is 0 Å². The van der Waals surface area contributed by atoms with Crippen molar-refractivity contribution >= 4 is 5.97 Å². The van der Waals surface area contributed by atoms with Crippen molar-refractivity contribution in [2.75, 3.05) is 0 Å². The highest BCUT2D eigenvalue weighted by atomic mass is 16.4. The average Bonchev–Trinajstić information content (AvgIpc) is 2.39. The Kier molecular flexibility index (Phi) is 2.79. The molecule has 17 heavy (non-hydrogen) atoms. The minimum atomic E-state index is -1.08. The number of nitriles is 1. The van der Waals surface area contributed by atoms with Crippen molar-refractivity contribution in [2.24, 2.45) is 0 Å². The Hall–Kier alpha value is -2.74. The molecule has 2 heterocycles. The van der Waals surface area contributed by atoms with Gasteiger partial charge in [-0.1, -0.05) is 0 Å². The summed E-state index contributed by atoms with van der Waals surface area (Å²) in [5.41, 5.74) is 1.14. The Bertz CT molecular complexity index is 603. The molecule has 0 aliphatic rings. The van der Waals surface area contributed by atoms with Gasteiger partial charge < -0.3 is 5.11 Å². The van der Waals surface area contributed by atoms with Gasteiger partial charge in [0.2, 0.25) is 0 Å². The van der Waals surface area contributed by atoms with Crippen LogP contribution in [-0.2, 0) is 0 Å². The molecule has 2 rings (SSSR count). The molecule has 0 aliphatic carbocycles. The van der Waals surface area contributed by atoms with Crippen LogP contribution in [0.3, 0.4) is 0 Å². The Morgan fingerprint density at radius 1 is 1.24 bits per heavy atom. The molecule has 0 radical (unpaired) electrons. The summed E-state index contributed by atoms with van der Waals surface area (Å²) >= 11 is 0. The summed E-state index contributed by atoms with van der Waals surface area (Å²) in [5.74, 6) is -1.08. The van der Waals surface area contributed by atoms with E-state index in [-0.39, 0.29) is 17.0 Å². The molecule has 0 atom stereocenters. The zero-order valence-electron chi connectivity index (χ0n) is 8.66. The van der Waals surface area contributed by atoms with E-state index in [9.17, 15) is 4.79 Å². The second kappa shape index (κ2) is 4.41. The number of aromatic nitrogens is 2. The number of carboxylic acids is 1. The van der Waals surface area contributed by atoms with Gasteiger partial charge in [0.05, 0.1) is 11.3 Å². The zero-order chi connectivity index (χ0) is 12.3. The molecule has 0 unspecified atom stereocenters. The van der Waals surface area contributed by atoms with Gasteiger partial charge in [-0.15, -0.1) is 0 Å². The molecular formula is C12H7N3O2. The molecule has 2 aromatic rings. The molecule has 0 aromatic carbocycles. The number of hydrogen-bond acceptors (Lipinski definition) is 4. The Morgan fingerprint density at radius 2 is 1.94 bits per heavy atom. The van der Waals surface area contributed by atoms with Crippen LogP contribution < -0.4 is 0 Å². The maximum atomic E-state index is 11.1. The molecule has 1 N–H and O–H groups in total. The lowest BCUT2D eigenvalue weighted by molar-refractivity contribution is 0.0697. The van der Waals surface area contributed by atoms with Gasteiger partial charge in [0.25, 0.3) is 0 Å². The lowest BCUT2D eigenvalue weighted by atomic mass is 10.1. The zero-order valence-corrected chi connectivity index (χ0v) is 8.66. The highest BCUT2D eigenvalue weighted by Gasteiger charge is 2.13. The number of rotatable bonds is 2. The predicted octanol–water partition coefficient (Wildman–Crippen LogP) is 1.71. The molecule has 2 aromatic heterocycles. The van der Waals surface area contributed by atoms with Crippen LogP contribution >= 0.6 is 0 Å². The fourth-order valence-corrected chi connectivity index (χ4v) is 1.42. The van der Waals surface area contributed by atoms with Gasteiger partial charge >= 0.3 is 5.97 Å². The van der Waals surface area contributed by atoms with Crippen molar-refractivity contribution in [3.8, 4) is 17.3 Å². The minimum Gasteiger partial charge on any atom is -0.478 e. The number of aromatic carboxylic acids is 1. The summed E-state index contributed by atoms with van der Waals surface area (Å²) in [7, 11) is 0. The van der Waals surface area contributed by atoms with Gasteiger partial charge in [0.15, 0.2) is 0 Å². The first-order valence-electron chi connectivity index (χ1n) is 4.77. The second-order valence-electron chi connectivity index (χ2n) is 3.25. The first kappa shape index (κ1) is 10.8. The van der Waals surface area contributed by atoms with E-state index >= 15 is 0 Å². The van der Waals surface area contributed by atoms with Crippen molar-refractivity contribution in [3.63, 3.8) is 0 Å². The van der Waals surface area contributed by atoms with Crippen LogP contribution in [0.25, 0.3) is 11.3 Å². The number of hydrogen-bond donors (Lipinski definition) is 1. The number of carboxylic acid groups (broad SMARTS) is 1. The van der Waals surface area contributed by atoms with Crippen LogP contribution in [0.5, 0.6) is 0 Å². The van der Waals surface area contributed by atoms with Crippen molar-refractivity contribution in [3.05, 3.63) is 47.9 Å². The number of carbonyl (C=O) groups is 1. The normalized spacial score (nSPS) is 9.59. The largest absolute Gasteiger partial charge is 0.478 e. The van der Waals surface area contributed by atoms with Crippen LogP contribution in [-0.4, -0.2) is 21.0 Å². The maximum absolute atomic E-state index is 11.1. The summed E-state index contributed by atoms with van der Waals surface area (Å²) in [4.78, 5) is 18.9. The van der Waals surface area contributed by atoms with E-state index < -0.39 is 5.97 Å². The van der Waals surface area contributed by atoms with Crippen LogP contribution in [0.15, 0.2) is 36.7 Å². The predicted molar refractivity (Wildman–Crippen MR) is 59.1 cm³/mol. The van der Waals surface area contributed by atoms with Gasteiger partial charge in [-0.25, -0.2) is 9.78 Å². The second-order valence-corrected chi connectivity index (χ2v) is 3.25. The van der Waals surface area contributed by atoms with Gasteiger partial charge in [0, 0.05) is 18.0 Å². The van der Waals surface area contributed by atoms with Gasteiger partial charge in [-0.2, -0.15) is 5.26 Å². The Morgan fingerprint density at radius 3 is 2.53 bits per heavy atom. The van der Waals surface area contributed by atoms with E-state index in [0.29, 0.717) is 5.56 Å². The van der Waals surface area contributed by atoms with E-state index in [2.05, 4.69) is 9.97 Å². The topological polar surface area (TPSA) is 86.9 Å². The molecule has 0 spiro atoms. The Balaban J connectivity index is 2.66. The van der Waals surface area contributed by atoms with E-state index in [1.165, 1.54) is 12.1 Å². The van der Waals surface area contributed by atoms with Crippen LogP contribution in [0.1, 0.15) is 16.1 Å². The fraction of sp³-hybridized carbons (Fsp3) is 0. The van der Waals surface area contributed by atoms with Gasteiger partial charge in [-0.3, -0.25) is 4.98 Å². The van der Waals surface area contributed by atoms with E-state index in [1.807, 2.05) is 6.07 Å². The number of nitrogens with zero attached hydrogens (tertiary/aromatic N) is 3. The highest BCUT2D eigenvalue weighted by molar-refractivity contribution is 5.94. The van der Waals surface area contributed by atoms with Crippen LogP contribution in [0.4, 0.5) is 0 Å². The summed E-state index contributed by atoms with van der Waals surface area (Å²) < 4.78 is 0. The molecule has 0 bridgehead atoms. The highest BCUT2D eigenvalue weighted by Crippen LogP contribution is 2.21. The van der Waals surface area contributed by atoms with Crippen molar-refractivity contribution in [1.29, 1.82) is 5.26 Å². The molecular weight excluding hydrogens is 218 g/mol. The number of pyridine rings is 2. The van der Waals surface area contributed by atoms with Crippen molar-refractivity contribution in [1.82, 2.24) is 9.97 Å². The van der Waals surface area contributed by atoms with Gasteiger partial charge in [-0.05, 0) is 24.3 Å². The molecule has 0 fully saturated rings. The third kappa shape index (κ3) is 2.11. The summed E-state index contributed by atoms with van der Waals surface area (Å²) in [6.45, 7) is 0. The molecule has 5 heteroatoms. The third-order valence-electron chi connectivity index (χ3n) is 2.19. The molecule has 0 saturated heterocycles. The van der Waals surface area contributed by atoms with Gasteiger partial charge in [0.1, 0.15) is 11.8 Å². The van der Waals surface area contributed by atoms with Crippen LogP contribution in [0, 0.1) is 11.3 Å². The molecule has 82 valence electrons. The standard InChI is InChI=1S/C12H7N3O2/c13-7-9-1-2-10(12(16)17)11(15-9)8-3-5-14-6-4-8/h1-6H,(H,16,17). The first-order valence-corrected chi connectivity index (χ1v) is 4.77. The molecule has 0 aliphatic heterocycles. The Labute approximate surface area is 97.0 Å². The quantitative estimate of drug-likeness (QED) is 0.840. The van der Waals surface area contributed by atoms with Crippen molar-refractivity contribution < 1.29 is 9.90 Å². The van der Waals surface area contributed by atoms with E-state index in [1.54, 1.807) is 24.5 Å². The SMILES string of the molecule is N#Cc1ccc(C(=O)O)c(-c2ccncc2)n1. The molecule has 0 saturated carbocycles. The fourth-order valence-electron chi connectivity index (χ4n) is 1.42. The van der Waals surface area contributed by atoms with E-state index in [4.69, 9.17) is 10.4 Å². The average molecular weight is 225 g/mol. The van der Waals surface area contributed by atoms with Crippen LogP contribution in [0.2, 0.25) is 0 Å². The first-order chi connectivity index (χ1) is 8.22. The lowest BCUT2D eigenvalue weighted by Crippen LogP contribution is -2.02. The minimum absolute atomic E-state index is 0.0650. The monoisotopic (exact) mass is 225 g/mol. The maximum Gasteiger partial charge on any atom is 0.337 e. The summed E-state index contributed by atoms with van der Waals surface area (Å²) in [5, 5.41) is 17.8. The smallest absolute Gasteiger partial charge is 0.337 e. The van der Waals surface area contributed by atoms with E-state index in [0.717, 1.165) is 0 Å². The summed E-state index contributed by atoms with van der Waals surface area (Å²) in [6, 6.07) is 7.94.